The van der Waals surface area contributed by atoms with Crippen LogP contribution in [0.4, 0.5) is 11.4 Å². The lowest BCUT2D eigenvalue weighted by Crippen LogP contribution is -2.32. The molecule has 0 unspecified atom stereocenters. The first-order chi connectivity index (χ1) is 14.0. The zero-order chi connectivity index (χ0) is 20.8. The fourth-order valence-electron chi connectivity index (χ4n) is 3.25. The lowest BCUT2D eigenvalue weighted by Gasteiger charge is -2.20. The van der Waals surface area contributed by atoms with Crippen molar-refractivity contribution in [3.63, 3.8) is 0 Å². The van der Waals surface area contributed by atoms with Crippen molar-refractivity contribution in [2.45, 2.75) is 27.7 Å². The third-order valence-corrected chi connectivity index (χ3v) is 5.74. The third-order valence-electron chi connectivity index (χ3n) is 4.74. The normalized spacial score (nSPS) is 17.0. The van der Waals surface area contributed by atoms with Crippen molar-refractivity contribution < 1.29 is 4.79 Å². The van der Waals surface area contributed by atoms with Gasteiger partial charge >= 0.3 is 0 Å². The SMILES string of the molecule is CCN(CC)c1ccc(/C=C2\SC(=Nc3ccccc3)N(CC(C)C)C2=O)cc1. The van der Waals surface area contributed by atoms with E-state index in [0.29, 0.717) is 12.5 Å². The first-order valence-electron chi connectivity index (χ1n) is 10.2. The fourth-order valence-corrected chi connectivity index (χ4v) is 4.26. The van der Waals surface area contributed by atoms with Gasteiger partial charge in [-0.25, -0.2) is 4.99 Å². The average molecular weight is 408 g/mol. The molecule has 4 nitrogen and oxygen atoms in total. The first-order valence-corrected chi connectivity index (χ1v) is 11.0. The second-order valence-electron chi connectivity index (χ2n) is 7.41. The Labute approximate surface area is 178 Å². The number of nitrogens with zero attached hydrogens (tertiary/aromatic N) is 3. The van der Waals surface area contributed by atoms with Gasteiger partial charge in [0, 0.05) is 25.3 Å². The minimum atomic E-state index is 0.0335. The highest BCUT2D eigenvalue weighted by molar-refractivity contribution is 8.18. The maximum Gasteiger partial charge on any atom is 0.266 e. The summed E-state index contributed by atoms with van der Waals surface area (Å²) < 4.78 is 0. The summed E-state index contributed by atoms with van der Waals surface area (Å²) in [6.07, 6.45) is 1.97. The van der Waals surface area contributed by atoms with Crippen molar-refractivity contribution in [3.05, 3.63) is 65.1 Å². The third kappa shape index (κ3) is 5.30. The lowest BCUT2D eigenvalue weighted by atomic mass is 10.1. The van der Waals surface area contributed by atoms with Crippen molar-refractivity contribution in [2.24, 2.45) is 10.9 Å². The molecule has 0 spiro atoms. The van der Waals surface area contributed by atoms with Gasteiger partial charge in [0.05, 0.1) is 10.6 Å². The maximum absolute atomic E-state index is 13.1. The summed E-state index contributed by atoms with van der Waals surface area (Å²) in [7, 11) is 0. The highest BCUT2D eigenvalue weighted by Gasteiger charge is 2.33. The quantitative estimate of drug-likeness (QED) is 0.545. The van der Waals surface area contributed by atoms with Crippen molar-refractivity contribution in [2.75, 3.05) is 24.5 Å². The molecule has 0 aromatic heterocycles. The summed E-state index contributed by atoms with van der Waals surface area (Å²) in [5, 5.41) is 0.751. The molecule has 0 atom stereocenters. The largest absolute Gasteiger partial charge is 0.372 e. The standard InChI is InChI=1S/C24H29N3OS/c1-5-26(6-2)21-14-12-19(13-15-21)16-22-23(28)27(17-18(3)4)24(29-22)25-20-10-8-7-9-11-20/h7-16,18H,5-6,17H2,1-4H3/b22-16-,25-24?. The Morgan fingerprint density at radius 3 is 2.28 bits per heavy atom. The van der Waals surface area contributed by atoms with Gasteiger partial charge in [0.1, 0.15) is 0 Å². The Morgan fingerprint density at radius 1 is 1.03 bits per heavy atom. The number of thioether (sulfide) groups is 1. The van der Waals surface area contributed by atoms with E-state index in [4.69, 9.17) is 4.99 Å². The maximum atomic E-state index is 13.1. The summed E-state index contributed by atoms with van der Waals surface area (Å²) in [5.41, 5.74) is 3.10. The molecule has 0 radical (unpaired) electrons. The number of benzene rings is 2. The number of hydrogen-bond donors (Lipinski definition) is 0. The molecule has 0 bridgehead atoms. The van der Waals surface area contributed by atoms with Gasteiger partial charge in [-0.15, -0.1) is 0 Å². The van der Waals surface area contributed by atoms with Crippen LogP contribution in [0.2, 0.25) is 0 Å². The van der Waals surface area contributed by atoms with Crippen LogP contribution >= 0.6 is 11.8 Å². The smallest absolute Gasteiger partial charge is 0.266 e. The molecule has 1 saturated heterocycles. The second-order valence-corrected chi connectivity index (χ2v) is 8.42. The first kappa shape index (κ1) is 21.2. The Kier molecular flexibility index (Phi) is 7.15. The number of amides is 1. The second kappa shape index (κ2) is 9.79. The number of rotatable bonds is 7. The predicted molar refractivity (Wildman–Crippen MR) is 126 cm³/mol. The molecule has 0 saturated carbocycles. The molecule has 1 heterocycles. The highest BCUT2D eigenvalue weighted by atomic mass is 32.2. The number of amidine groups is 1. The molecule has 3 rings (SSSR count). The Balaban J connectivity index is 1.87. The number of carbonyl (C=O) groups excluding carboxylic acids is 1. The Bertz CT molecular complexity index is 884. The highest BCUT2D eigenvalue weighted by Crippen LogP contribution is 2.34. The molecule has 2 aromatic rings. The lowest BCUT2D eigenvalue weighted by molar-refractivity contribution is -0.122. The van der Waals surface area contributed by atoms with E-state index in [1.54, 1.807) is 4.90 Å². The van der Waals surface area contributed by atoms with Gasteiger partial charge in [-0.2, -0.15) is 0 Å². The molecule has 152 valence electrons. The molecule has 1 aliphatic rings. The number of para-hydroxylation sites is 1. The summed E-state index contributed by atoms with van der Waals surface area (Å²) in [5.74, 6) is 0.402. The van der Waals surface area contributed by atoms with Crippen LogP contribution in [0.25, 0.3) is 6.08 Å². The minimum absolute atomic E-state index is 0.0335. The number of anilines is 1. The molecule has 1 fully saturated rings. The van der Waals surface area contributed by atoms with E-state index >= 15 is 0 Å². The van der Waals surface area contributed by atoms with Crippen LogP contribution in [0.15, 0.2) is 64.5 Å². The average Bonchev–Trinajstić information content (AvgIpc) is 2.99. The summed E-state index contributed by atoms with van der Waals surface area (Å²) in [4.78, 5) is 22.6. The van der Waals surface area contributed by atoms with Gasteiger partial charge in [-0.3, -0.25) is 9.69 Å². The van der Waals surface area contributed by atoms with Gasteiger partial charge in [0.25, 0.3) is 5.91 Å². The number of carbonyl (C=O) groups is 1. The number of aliphatic imine (C=N–C) groups is 1. The Morgan fingerprint density at radius 2 is 1.69 bits per heavy atom. The van der Waals surface area contributed by atoms with Crippen molar-refractivity contribution in [3.8, 4) is 0 Å². The van der Waals surface area contributed by atoms with Gasteiger partial charge in [0.15, 0.2) is 5.17 Å². The van der Waals surface area contributed by atoms with Gasteiger partial charge in [0.2, 0.25) is 0 Å². The van der Waals surface area contributed by atoms with Crippen LogP contribution in [0.1, 0.15) is 33.3 Å². The predicted octanol–water partition coefficient (Wildman–Crippen LogP) is 5.79. The van der Waals surface area contributed by atoms with E-state index in [9.17, 15) is 4.79 Å². The van der Waals surface area contributed by atoms with E-state index in [2.05, 4.69) is 56.9 Å². The van der Waals surface area contributed by atoms with E-state index in [1.807, 2.05) is 36.4 Å². The number of hydrogen-bond acceptors (Lipinski definition) is 4. The minimum Gasteiger partial charge on any atom is -0.372 e. The molecule has 2 aromatic carbocycles. The molecular weight excluding hydrogens is 378 g/mol. The van der Waals surface area contributed by atoms with Gasteiger partial charge in [-0.05, 0) is 67.4 Å². The zero-order valence-electron chi connectivity index (χ0n) is 17.6. The van der Waals surface area contributed by atoms with Crippen LogP contribution in [-0.2, 0) is 4.79 Å². The fraction of sp³-hybridized carbons (Fsp3) is 0.333. The van der Waals surface area contributed by atoms with Crippen LogP contribution in [0.5, 0.6) is 0 Å². The van der Waals surface area contributed by atoms with Crippen LogP contribution in [0, 0.1) is 5.92 Å². The van der Waals surface area contributed by atoms with E-state index in [-0.39, 0.29) is 5.91 Å². The van der Waals surface area contributed by atoms with Gasteiger partial charge in [-0.1, -0.05) is 44.2 Å². The van der Waals surface area contributed by atoms with Crippen molar-refractivity contribution >= 4 is 40.3 Å². The molecular formula is C24H29N3OS. The Hall–Kier alpha value is -2.53. The topological polar surface area (TPSA) is 35.9 Å². The van der Waals surface area contributed by atoms with E-state index in [1.165, 1.54) is 17.4 Å². The van der Waals surface area contributed by atoms with E-state index in [0.717, 1.165) is 34.4 Å². The molecule has 1 amide bonds. The van der Waals surface area contributed by atoms with Gasteiger partial charge < -0.3 is 4.90 Å². The molecule has 5 heteroatoms. The van der Waals surface area contributed by atoms with Crippen LogP contribution in [0.3, 0.4) is 0 Å². The summed E-state index contributed by atoms with van der Waals surface area (Å²) in [6.45, 7) is 11.2. The zero-order valence-corrected chi connectivity index (χ0v) is 18.4. The molecule has 0 N–H and O–H groups in total. The molecule has 1 aliphatic heterocycles. The monoisotopic (exact) mass is 407 g/mol. The van der Waals surface area contributed by atoms with Crippen LogP contribution in [-0.4, -0.2) is 35.6 Å². The molecule has 0 aliphatic carbocycles. The van der Waals surface area contributed by atoms with Crippen molar-refractivity contribution in [1.29, 1.82) is 0 Å². The van der Waals surface area contributed by atoms with Crippen molar-refractivity contribution in [1.82, 2.24) is 4.90 Å². The summed E-state index contributed by atoms with van der Waals surface area (Å²) in [6, 6.07) is 18.2. The van der Waals surface area contributed by atoms with E-state index < -0.39 is 0 Å². The molecule has 29 heavy (non-hydrogen) atoms. The summed E-state index contributed by atoms with van der Waals surface area (Å²) >= 11 is 1.46. The van der Waals surface area contributed by atoms with Crippen LogP contribution < -0.4 is 4.90 Å².